The van der Waals surface area contributed by atoms with Crippen LogP contribution < -0.4 is 15.8 Å². The Bertz CT molecular complexity index is 429. The standard InChI is InChI=1S/C15H24N2O3/c1-3-4-11(7-8-18)10-17-15(19)13-9-12(16)5-6-14(13)20-2/h5-6,9,11,18H,3-4,7-8,10,16H2,1-2H3,(H,17,19). The molecule has 0 aliphatic carbocycles. The first-order chi connectivity index (χ1) is 9.62. The van der Waals surface area contributed by atoms with Crippen molar-refractivity contribution < 1.29 is 14.6 Å². The number of nitrogens with one attached hydrogen (secondary N) is 1. The van der Waals surface area contributed by atoms with Gasteiger partial charge in [0.25, 0.3) is 5.91 Å². The van der Waals surface area contributed by atoms with Gasteiger partial charge in [-0.05, 0) is 37.0 Å². The molecule has 1 aromatic rings. The van der Waals surface area contributed by atoms with Crippen LogP contribution in [0.5, 0.6) is 5.75 Å². The molecule has 0 heterocycles. The van der Waals surface area contributed by atoms with Crippen molar-refractivity contribution >= 4 is 11.6 Å². The van der Waals surface area contributed by atoms with Crippen LogP contribution in [-0.2, 0) is 0 Å². The highest BCUT2D eigenvalue weighted by Crippen LogP contribution is 2.21. The molecule has 0 bridgehead atoms. The number of aliphatic hydroxyl groups excluding tert-OH is 1. The normalized spacial score (nSPS) is 11.9. The highest BCUT2D eigenvalue weighted by Gasteiger charge is 2.14. The summed E-state index contributed by atoms with van der Waals surface area (Å²) in [5.41, 5.74) is 6.66. The Morgan fingerprint density at radius 1 is 1.45 bits per heavy atom. The average Bonchev–Trinajstić information content (AvgIpc) is 2.45. The smallest absolute Gasteiger partial charge is 0.255 e. The summed E-state index contributed by atoms with van der Waals surface area (Å²) in [6.07, 6.45) is 2.71. The van der Waals surface area contributed by atoms with E-state index in [1.165, 1.54) is 7.11 Å². The lowest BCUT2D eigenvalue weighted by molar-refractivity contribution is 0.0940. The molecule has 4 N–H and O–H groups in total. The Labute approximate surface area is 120 Å². The van der Waals surface area contributed by atoms with Crippen LogP contribution in [0.1, 0.15) is 36.5 Å². The van der Waals surface area contributed by atoms with Gasteiger partial charge in [-0.1, -0.05) is 13.3 Å². The van der Waals surface area contributed by atoms with Crippen LogP contribution in [0.15, 0.2) is 18.2 Å². The summed E-state index contributed by atoms with van der Waals surface area (Å²) in [6, 6.07) is 4.98. The third-order valence-corrected chi connectivity index (χ3v) is 3.25. The molecule has 1 amide bonds. The van der Waals surface area contributed by atoms with Crippen molar-refractivity contribution in [3.8, 4) is 5.75 Å². The van der Waals surface area contributed by atoms with Gasteiger partial charge in [-0.25, -0.2) is 0 Å². The summed E-state index contributed by atoms with van der Waals surface area (Å²) < 4.78 is 5.17. The number of rotatable bonds is 8. The Balaban J connectivity index is 2.68. The van der Waals surface area contributed by atoms with Gasteiger partial charge in [-0.15, -0.1) is 0 Å². The van der Waals surface area contributed by atoms with Gasteiger partial charge in [0.15, 0.2) is 0 Å². The van der Waals surface area contributed by atoms with Crippen LogP contribution in [0.2, 0.25) is 0 Å². The van der Waals surface area contributed by atoms with Crippen molar-refractivity contribution in [3.63, 3.8) is 0 Å². The number of hydrogen-bond donors (Lipinski definition) is 3. The van der Waals surface area contributed by atoms with Crippen molar-refractivity contribution in [2.24, 2.45) is 5.92 Å². The number of carbonyl (C=O) groups is 1. The highest BCUT2D eigenvalue weighted by atomic mass is 16.5. The summed E-state index contributed by atoms with van der Waals surface area (Å²) in [7, 11) is 1.52. The first-order valence-electron chi connectivity index (χ1n) is 6.94. The number of nitrogen functional groups attached to an aromatic ring is 1. The molecule has 0 radical (unpaired) electrons. The molecule has 1 unspecified atom stereocenters. The van der Waals surface area contributed by atoms with Crippen LogP contribution in [0, 0.1) is 5.92 Å². The zero-order valence-electron chi connectivity index (χ0n) is 12.2. The van der Waals surface area contributed by atoms with Crippen LogP contribution in [0.4, 0.5) is 5.69 Å². The van der Waals surface area contributed by atoms with E-state index in [-0.39, 0.29) is 12.5 Å². The van der Waals surface area contributed by atoms with Crippen molar-refractivity contribution in [1.82, 2.24) is 5.32 Å². The Hall–Kier alpha value is -1.75. The second-order valence-corrected chi connectivity index (χ2v) is 4.84. The molecule has 112 valence electrons. The van der Waals surface area contributed by atoms with Gasteiger partial charge in [0.05, 0.1) is 12.7 Å². The number of aliphatic hydroxyl groups is 1. The summed E-state index contributed by atoms with van der Waals surface area (Å²) in [5.74, 6) is 0.597. The van der Waals surface area contributed by atoms with Gasteiger partial charge in [0, 0.05) is 18.8 Å². The van der Waals surface area contributed by atoms with Gasteiger partial charge >= 0.3 is 0 Å². The molecular weight excluding hydrogens is 256 g/mol. The van der Waals surface area contributed by atoms with Gasteiger partial charge < -0.3 is 20.9 Å². The second-order valence-electron chi connectivity index (χ2n) is 4.84. The van der Waals surface area contributed by atoms with Gasteiger partial charge in [0.2, 0.25) is 0 Å². The quantitative estimate of drug-likeness (QED) is 0.634. The van der Waals surface area contributed by atoms with Crippen molar-refractivity contribution in [3.05, 3.63) is 23.8 Å². The Morgan fingerprint density at radius 2 is 2.20 bits per heavy atom. The number of anilines is 1. The molecule has 0 spiro atoms. The topological polar surface area (TPSA) is 84.6 Å². The first kappa shape index (κ1) is 16.3. The van der Waals surface area contributed by atoms with Crippen LogP contribution in [-0.4, -0.2) is 31.3 Å². The maximum absolute atomic E-state index is 12.2. The third-order valence-electron chi connectivity index (χ3n) is 3.25. The summed E-state index contributed by atoms with van der Waals surface area (Å²) in [6.45, 7) is 2.78. The van der Waals surface area contributed by atoms with Crippen LogP contribution in [0.3, 0.4) is 0 Å². The molecule has 1 aromatic carbocycles. The van der Waals surface area contributed by atoms with E-state index in [0.29, 0.717) is 35.9 Å². The zero-order valence-corrected chi connectivity index (χ0v) is 12.2. The van der Waals surface area contributed by atoms with E-state index in [1.807, 2.05) is 0 Å². The maximum atomic E-state index is 12.2. The van der Waals surface area contributed by atoms with E-state index >= 15 is 0 Å². The van der Waals surface area contributed by atoms with Gasteiger partial charge in [-0.2, -0.15) is 0 Å². The number of nitrogens with two attached hydrogens (primary N) is 1. The minimum absolute atomic E-state index is 0.141. The number of amides is 1. The SMILES string of the molecule is CCCC(CCO)CNC(=O)c1cc(N)ccc1OC. The molecule has 0 aliphatic rings. The van der Waals surface area contributed by atoms with E-state index < -0.39 is 0 Å². The number of ether oxygens (including phenoxy) is 1. The molecular formula is C15H24N2O3. The largest absolute Gasteiger partial charge is 0.496 e. The summed E-state index contributed by atoms with van der Waals surface area (Å²) in [5, 5.41) is 11.9. The van der Waals surface area contributed by atoms with E-state index in [4.69, 9.17) is 15.6 Å². The molecule has 0 aromatic heterocycles. The number of methoxy groups -OCH3 is 1. The van der Waals surface area contributed by atoms with Crippen LogP contribution in [0.25, 0.3) is 0 Å². The molecule has 5 heteroatoms. The molecule has 0 fully saturated rings. The molecule has 0 saturated carbocycles. The van der Waals surface area contributed by atoms with Crippen LogP contribution >= 0.6 is 0 Å². The molecule has 1 rings (SSSR count). The van der Waals surface area contributed by atoms with Gasteiger partial charge in [0.1, 0.15) is 5.75 Å². The molecule has 0 aliphatic heterocycles. The van der Waals surface area contributed by atoms with E-state index in [1.54, 1.807) is 18.2 Å². The number of carbonyl (C=O) groups excluding carboxylic acids is 1. The lowest BCUT2D eigenvalue weighted by Gasteiger charge is -2.16. The zero-order chi connectivity index (χ0) is 15.0. The fourth-order valence-electron chi connectivity index (χ4n) is 2.17. The third kappa shape index (κ3) is 4.74. The van der Waals surface area contributed by atoms with Crippen molar-refractivity contribution in [2.45, 2.75) is 26.2 Å². The predicted octanol–water partition coefficient (Wildman–Crippen LogP) is 1.81. The lowest BCUT2D eigenvalue weighted by atomic mass is 10.00. The van der Waals surface area contributed by atoms with E-state index in [2.05, 4.69) is 12.2 Å². The fourth-order valence-corrected chi connectivity index (χ4v) is 2.17. The second kappa shape index (κ2) is 8.43. The Kier molecular flexibility index (Phi) is 6.87. The average molecular weight is 280 g/mol. The van der Waals surface area contributed by atoms with Crippen molar-refractivity contribution in [1.29, 1.82) is 0 Å². The predicted molar refractivity (Wildman–Crippen MR) is 79.8 cm³/mol. The highest BCUT2D eigenvalue weighted by molar-refractivity contribution is 5.97. The molecule has 0 saturated heterocycles. The fraction of sp³-hybridized carbons (Fsp3) is 0.533. The summed E-state index contributed by atoms with van der Waals surface area (Å²) >= 11 is 0. The van der Waals surface area contributed by atoms with E-state index in [9.17, 15) is 4.79 Å². The van der Waals surface area contributed by atoms with E-state index in [0.717, 1.165) is 12.8 Å². The van der Waals surface area contributed by atoms with Gasteiger partial charge in [-0.3, -0.25) is 4.79 Å². The lowest BCUT2D eigenvalue weighted by Crippen LogP contribution is -2.30. The Morgan fingerprint density at radius 3 is 2.80 bits per heavy atom. The maximum Gasteiger partial charge on any atom is 0.255 e. The minimum atomic E-state index is -0.201. The minimum Gasteiger partial charge on any atom is -0.496 e. The number of hydrogen-bond acceptors (Lipinski definition) is 4. The first-order valence-corrected chi connectivity index (χ1v) is 6.94. The molecule has 1 atom stereocenters. The molecule has 20 heavy (non-hydrogen) atoms. The summed E-state index contributed by atoms with van der Waals surface area (Å²) in [4.78, 5) is 12.2. The monoisotopic (exact) mass is 280 g/mol. The van der Waals surface area contributed by atoms with Crippen molar-refractivity contribution in [2.75, 3.05) is 26.0 Å². The molecule has 5 nitrogen and oxygen atoms in total. The number of benzene rings is 1.